The van der Waals surface area contributed by atoms with Gasteiger partial charge in [-0.05, 0) is 22.0 Å². The Bertz CT molecular complexity index is 290. The lowest BCUT2D eigenvalue weighted by atomic mass is 10.3. The molecule has 5 heteroatoms. The van der Waals surface area contributed by atoms with Gasteiger partial charge < -0.3 is 0 Å². The Kier molecular flexibility index (Phi) is 3.19. The number of carbonyl (C=O) groups is 1. The summed E-state index contributed by atoms with van der Waals surface area (Å²) in [6.45, 7) is 0. The van der Waals surface area contributed by atoms with E-state index in [4.69, 9.17) is 0 Å². The van der Waals surface area contributed by atoms with Crippen molar-refractivity contribution in [3.63, 3.8) is 0 Å². The van der Waals surface area contributed by atoms with Crippen LogP contribution in [0.25, 0.3) is 0 Å². The van der Waals surface area contributed by atoms with Crippen LogP contribution in [-0.4, -0.2) is 18.0 Å². The van der Waals surface area contributed by atoms with E-state index in [-0.39, 0.29) is 5.91 Å². The highest BCUT2D eigenvalue weighted by Crippen LogP contribution is 2.08. The summed E-state index contributed by atoms with van der Waals surface area (Å²) in [4.78, 5) is 19.4. The number of hydroxylamine groups is 1. The van der Waals surface area contributed by atoms with Gasteiger partial charge in [0.15, 0.2) is 0 Å². The predicted octanol–water partition coefficient (Wildman–Crippen LogP) is 1.14. The van der Waals surface area contributed by atoms with Crippen molar-refractivity contribution in [3.8, 4) is 0 Å². The van der Waals surface area contributed by atoms with E-state index < -0.39 is 0 Å². The largest absolute Gasteiger partial charge is 0.277 e. The maximum atomic E-state index is 11.1. The number of rotatable bonds is 2. The second kappa shape index (κ2) is 4.18. The third kappa shape index (κ3) is 2.28. The average Bonchev–Trinajstić information content (AvgIpc) is 2.05. The van der Waals surface area contributed by atoms with Crippen LogP contribution in [0, 0.1) is 0 Å². The fourth-order valence-electron chi connectivity index (χ4n) is 0.688. The summed E-state index contributed by atoms with van der Waals surface area (Å²) in [5.41, 5.74) is 2.64. The highest BCUT2D eigenvalue weighted by molar-refractivity contribution is 9.10. The highest BCUT2D eigenvalue weighted by atomic mass is 79.9. The van der Waals surface area contributed by atoms with Crippen molar-refractivity contribution in [2.45, 2.75) is 0 Å². The van der Waals surface area contributed by atoms with E-state index in [0.29, 0.717) is 5.56 Å². The fraction of sp³-hybridized carbons (Fsp3) is 0.143. The Labute approximate surface area is 78.0 Å². The van der Waals surface area contributed by atoms with Crippen LogP contribution in [0.5, 0.6) is 0 Å². The molecule has 1 heterocycles. The molecule has 0 aliphatic carbocycles. The quantitative estimate of drug-likeness (QED) is 0.776. The SMILES string of the molecule is CONC(=O)c1cncc(Br)c1. The van der Waals surface area contributed by atoms with Gasteiger partial charge in [0.25, 0.3) is 5.91 Å². The zero-order chi connectivity index (χ0) is 8.97. The number of amides is 1. The molecule has 0 saturated carbocycles. The molecular weight excluding hydrogens is 224 g/mol. The number of hydrogen-bond donors (Lipinski definition) is 1. The predicted molar refractivity (Wildman–Crippen MR) is 46.4 cm³/mol. The lowest BCUT2D eigenvalue weighted by Gasteiger charge is -2.00. The molecule has 0 aliphatic rings. The number of halogens is 1. The first-order chi connectivity index (χ1) is 5.74. The van der Waals surface area contributed by atoms with E-state index in [1.54, 1.807) is 12.3 Å². The number of aromatic nitrogens is 1. The molecule has 0 atom stereocenters. The molecular formula is C7H7BrN2O2. The first-order valence-electron chi connectivity index (χ1n) is 3.18. The molecule has 0 bridgehead atoms. The van der Waals surface area contributed by atoms with Crippen LogP contribution in [0.1, 0.15) is 10.4 Å². The van der Waals surface area contributed by atoms with Crippen LogP contribution in [0.3, 0.4) is 0 Å². The number of carbonyl (C=O) groups excluding carboxylic acids is 1. The van der Waals surface area contributed by atoms with Gasteiger partial charge in [-0.1, -0.05) is 0 Å². The molecule has 1 aromatic rings. The Morgan fingerprint density at radius 1 is 1.67 bits per heavy atom. The van der Waals surface area contributed by atoms with Crippen LogP contribution >= 0.6 is 15.9 Å². The van der Waals surface area contributed by atoms with Crippen molar-refractivity contribution in [2.75, 3.05) is 7.11 Å². The molecule has 12 heavy (non-hydrogen) atoms. The van der Waals surface area contributed by atoms with Crippen molar-refractivity contribution < 1.29 is 9.63 Å². The van der Waals surface area contributed by atoms with Crippen molar-refractivity contribution in [1.82, 2.24) is 10.5 Å². The monoisotopic (exact) mass is 230 g/mol. The topological polar surface area (TPSA) is 51.2 Å². The van der Waals surface area contributed by atoms with E-state index in [9.17, 15) is 4.79 Å². The van der Waals surface area contributed by atoms with Crippen LogP contribution in [0.4, 0.5) is 0 Å². The van der Waals surface area contributed by atoms with E-state index >= 15 is 0 Å². The van der Waals surface area contributed by atoms with Crippen molar-refractivity contribution in [3.05, 3.63) is 28.5 Å². The summed E-state index contributed by atoms with van der Waals surface area (Å²) in [6.07, 6.45) is 3.06. The van der Waals surface area contributed by atoms with Crippen LogP contribution < -0.4 is 5.48 Å². The second-order valence-corrected chi connectivity index (χ2v) is 2.94. The average molecular weight is 231 g/mol. The summed E-state index contributed by atoms with van der Waals surface area (Å²) in [5, 5.41) is 0. The lowest BCUT2D eigenvalue weighted by molar-refractivity contribution is 0.0537. The summed E-state index contributed by atoms with van der Waals surface area (Å²) in [7, 11) is 1.38. The highest BCUT2D eigenvalue weighted by Gasteiger charge is 2.04. The smallest absolute Gasteiger partial charge is 0.276 e. The number of pyridine rings is 1. The van der Waals surface area contributed by atoms with E-state index in [0.717, 1.165) is 4.47 Å². The third-order valence-corrected chi connectivity index (χ3v) is 1.60. The van der Waals surface area contributed by atoms with Gasteiger partial charge in [0.05, 0.1) is 12.7 Å². The first-order valence-corrected chi connectivity index (χ1v) is 3.97. The Morgan fingerprint density at radius 3 is 3.00 bits per heavy atom. The summed E-state index contributed by atoms with van der Waals surface area (Å²) < 4.78 is 0.756. The minimum atomic E-state index is -0.314. The van der Waals surface area contributed by atoms with E-state index in [2.05, 4.69) is 31.2 Å². The molecule has 0 unspecified atom stereocenters. The maximum absolute atomic E-state index is 11.1. The third-order valence-electron chi connectivity index (χ3n) is 1.16. The zero-order valence-electron chi connectivity index (χ0n) is 6.37. The zero-order valence-corrected chi connectivity index (χ0v) is 7.96. The molecule has 0 fully saturated rings. The molecule has 1 amide bonds. The molecule has 0 radical (unpaired) electrons. The van der Waals surface area contributed by atoms with Gasteiger partial charge in [0, 0.05) is 16.9 Å². The van der Waals surface area contributed by atoms with Gasteiger partial charge in [-0.15, -0.1) is 0 Å². The molecule has 1 aromatic heterocycles. The van der Waals surface area contributed by atoms with Crippen LogP contribution in [0.15, 0.2) is 22.9 Å². The Balaban J connectivity index is 2.81. The summed E-state index contributed by atoms with van der Waals surface area (Å²) in [6, 6.07) is 1.65. The molecule has 0 aromatic carbocycles. The first kappa shape index (κ1) is 9.15. The molecule has 0 spiro atoms. The van der Waals surface area contributed by atoms with Gasteiger partial charge in [0.2, 0.25) is 0 Å². The standard InChI is InChI=1S/C7H7BrN2O2/c1-12-10-7(11)5-2-6(8)4-9-3-5/h2-4H,1H3,(H,10,11). The van der Waals surface area contributed by atoms with Gasteiger partial charge in [-0.2, -0.15) is 0 Å². The minimum absolute atomic E-state index is 0.314. The summed E-state index contributed by atoms with van der Waals surface area (Å²) >= 11 is 3.20. The molecule has 4 nitrogen and oxygen atoms in total. The molecule has 0 saturated heterocycles. The van der Waals surface area contributed by atoms with E-state index in [1.807, 2.05) is 0 Å². The second-order valence-electron chi connectivity index (χ2n) is 2.03. The van der Waals surface area contributed by atoms with Gasteiger partial charge in [-0.3, -0.25) is 14.6 Å². The lowest BCUT2D eigenvalue weighted by Crippen LogP contribution is -2.21. The van der Waals surface area contributed by atoms with Crippen molar-refractivity contribution >= 4 is 21.8 Å². The van der Waals surface area contributed by atoms with Crippen LogP contribution in [0.2, 0.25) is 0 Å². The van der Waals surface area contributed by atoms with Gasteiger partial charge in [0.1, 0.15) is 0 Å². The molecule has 1 rings (SSSR count). The molecule has 0 aliphatic heterocycles. The van der Waals surface area contributed by atoms with Gasteiger partial charge >= 0.3 is 0 Å². The Morgan fingerprint density at radius 2 is 2.42 bits per heavy atom. The number of hydrogen-bond acceptors (Lipinski definition) is 3. The minimum Gasteiger partial charge on any atom is -0.277 e. The van der Waals surface area contributed by atoms with E-state index in [1.165, 1.54) is 13.3 Å². The maximum Gasteiger partial charge on any atom is 0.276 e. The normalized spacial score (nSPS) is 9.50. The van der Waals surface area contributed by atoms with Gasteiger partial charge in [-0.25, -0.2) is 5.48 Å². The molecule has 64 valence electrons. The number of nitrogens with one attached hydrogen (secondary N) is 1. The fourth-order valence-corrected chi connectivity index (χ4v) is 1.05. The van der Waals surface area contributed by atoms with Crippen molar-refractivity contribution in [1.29, 1.82) is 0 Å². The van der Waals surface area contributed by atoms with Crippen LogP contribution in [-0.2, 0) is 4.84 Å². The summed E-state index contributed by atoms with van der Waals surface area (Å²) in [5.74, 6) is -0.314. The molecule has 1 N–H and O–H groups in total. The number of nitrogens with zero attached hydrogens (tertiary/aromatic N) is 1. The Hall–Kier alpha value is -0.940. The van der Waals surface area contributed by atoms with Crippen molar-refractivity contribution in [2.24, 2.45) is 0 Å².